The number of carbonyl (C=O) groups excluding carboxylic acids is 1. The minimum absolute atomic E-state index is 0.0340. The van der Waals surface area contributed by atoms with Gasteiger partial charge in [-0.3, -0.25) is 4.79 Å². The fourth-order valence-corrected chi connectivity index (χ4v) is 5.53. The first-order valence-corrected chi connectivity index (χ1v) is 12.3. The lowest BCUT2D eigenvalue weighted by Gasteiger charge is -2.25. The van der Waals surface area contributed by atoms with Gasteiger partial charge < -0.3 is 4.42 Å². The van der Waals surface area contributed by atoms with Crippen molar-refractivity contribution < 1.29 is 26.4 Å². The largest absolute Gasteiger partial charge is 0.411 e. The Balaban J connectivity index is 1.46. The third kappa shape index (κ3) is 4.89. The van der Waals surface area contributed by atoms with E-state index in [0.717, 1.165) is 43.2 Å². The number of hydrogen-bond donors (Lipinski definition) is 0. The Bertz CT molecular complexity index is 1240. The van der Waals surface area contributed by atoms with E-state index in [2.05, 4.69) is 10.2 Å². The molecule has 4 rings (SSSR count). The summed E-state index contributed by atoms with van der Waals surface area (Å²) in [5, 5.41) is 7.90. The number of benzene rings is 2. The van der Waals surface area contributed by atoms with E-state index >= 15 is 0 Å². The molecule has 0 bridgehead atoms. The van der Waals surface area contributed by atoms with Gasteiger partial charge >= 0.3 is 0 Å². The van der Waals surface area contributed by atoms with E-state index in [0.29, 0.717) is 18.7 Å². The van der Waals surface area contributed by atoms with Crippen LogP contribution in [0.4, 0.5) is 8.78 Å². The smallest absolute Gasteiger partial charge is 0.277 e. The fraction of sp³-hybridized carbons (Fsp3) is 0.286. The number of Topliss-reactive ketones (excluding diaryl/α,β-unsaturated/α-hetero) is 1. The van der Waals surface area contributed by atoms with E-state index in [1.54, 1.807) is 12.1 Å². The van der Waals surface area contributed by atoms with Crippen molar-refractivity contribution in [3.63, 3.8) is 0 Å². The highest BCUT2D eigenvalue weighted by Crippen LogP contribution is 2.27. The summed E-state index contributed by atoms with van der Waals surface area (Å²) in [5.41, 5.74) is 0.473. The molecule has 0 unspecified atom stereocenters. The molecule has 11 heteroatoms. The van der Waals surface area contributed by atoms with Crippen molar-refractivity contribution in [3.05, 3.63) is 59.7 Å². The Labute approximate surface area is 187 Å². The number of hydrogen-bond acceptors (Lipinski definition) is 7. The molecule has 1 aliphatic heterocycles. The Morgan fingerprint density at radius 1 is 1.03 bits per heavy atom. The van der Waals surface area contributed by atoms with Crippen molar-refractivity contribution in [1.82, 2.24) is 14.5 Å². The number of rotatable bonds is 7. The van der Waals surface area contributed by atoms with Crippen molar-refractivity contribution in [2.24, 2.45) is 0 Å². The standard InChI is InChI=1S/C21H19F2N3O4S2/c22-17-8-7-14(12-18(17)23)19(27)13-31-21-25-24-20(30-21)15-5-4-6-16(11-15)32(28,29)26-9-2-1-3-10-26/h4-8,11-12H,1-3,9-10,13H2. The zero-order valence-electron chi connectivity index (χ0n) is 16.8. The highest BCUT2D eigenvalue weighted by molar-refractivity contribution is 7.99. The minimum atomic E-state index is -3.61. The SMILES string of the molecule is O=C(CSc1nnc(-c2cccc(S(=O)(=O)N3CCCCC3)c2)o1)c1ccc(F)c(F)c1. The number of sulfonamides is 1. The summed E-state index contributed by atoms with van der Waals surface area (Å²) in [7, 11) is -3.61. The molecule has 0 atom stereocenters. The second kappa shape index (κ2) is 9.47. The van der Waals surface area contributed by atoms with Gasteiger partial charge in [0.2, 0.25) is 15.9 Å². The predicted molar refractivity (Wildman–Crippen MR) is 114 cm³/mol. The number of carbonyl (C=O) groups is 1. The maximum Gasteiger partial charge on any atom is 0.277 e. The van der Waals surface area contributed by atoms with E-state index in [1.807, 2.05) is 0 Å². The number of aromatic nitrogens is 2. The number of piperidine rings is 1. The van der Waals surface area contributed by atoms with Crippen LogP contribution in [0.2, 0.25) is 0 Å². The molecule has 0 saturated carbocycles. The normalized spacial score (nSPS) is 15.1. The van der Waals surface area contributed by atoms with Crippen molar-refractivity contribution in [2.75, 3.05) is 18.8 Å². The number of halogens is 2. The Morgan fingerprint density at radius 2 is 1.81 bits per heavy atom. The Kier molecular flexibility index (Phi) is 6.68. The molecule has 0 aliphatic carbocycles. The lowest BCUT2D eigenvalue weighted by Crippen LogP contribution is -2.35. The Morgan fingerprint density at radius 3 is 2.56 bits per heavy atom. The fourth-order valence-electron chi connectivity index (χ4n) is 3.31. The van der Waals surface area contributed by atoms with Gasteiger partial charge in [0, 0.05) is 24.2 Å². The van der Waals surface area contributed by atoms with Gasteiger partial charge in [0.15, 0.2) is 17.4 Å². The van der Waals surface area contributed by atoms with Crippen LogP contribution in [0.25, 0.3) is 11.5 Å². The van der Waals surface area contributed by atoms with Crippen molar-refractivity contribution in [1.29, 1.82) is 0 Å². The van der Waals surface area contributed by atoms with Crippen LogP contribution in [0, 0.1) is 11.6 Å². The third-order valence-electron chi connectivity index (χ3n) is 5.01. The van der Waals surface area contributed by atoms with Gasteiger partial charge in [0.1, 0.15) is 0 Å². The summed E-state index contributed by atoms with van der Waals surface area (Å²) in [6.45, 7) is 1.000. The van der Waals surface area contributed by atoms with Crippen LogP contribution in [-0.4, -0.2) is 47.5 Å². The first-order chi connectivity index (χ1) is 15.3. The molecule has 7 nitrogen and oxygen atoms in total. The van der Waals surface area contributed by atoms with E-state index < -0.39 is 27.4 Å². The predicted octanol–water partition coefficient (Wildman–Crippen LogP) is 4.16. The quantitative estimate of drug-likeness (QED) is 0.371. The van der Waals surface area contributed by atoms with Crippen LogP contribution in [-0.2, 0) is 10.0 Å². The summed E-state index contributed by atoms with van der Waals surface area (Å²) in [6, 6.07) is 9.21. The van der Waals surface area contributed by atoms with Crippen molar-refractivity contribution >= 4 is 27.6 Å². The second-order valence-corrected chi connectivity index (χ2v) is 10.1. The van der Waals surface area contributed by atoms with Gasteiger partial charge in [0.25, 0.3) is 5.22 Å². The number of nitrogens with zero attached hydrogens (tertiary/aromatic N) is 3. The molecule has 0 spiro atoms. The minimum Gasteiger partial charge on any atom is -0.411 e. The molecule has 0 N–H and O–H groups in total. The Hall–Kier alpha value is -2.63. The van der Waals surface area contributed by atoms with Crippen LogP contribution in [0.5, 0.6) is 0 Å². The average Bonchev–Trinajstić information content (AvgIpc) is 3.29. The summed E-state index contributed by atoms with van der Waals surface area (Å²) >= 11 is 0.949. The molecule has 3 aromatic rings. The summed E-state index contributed by atoms with van der Waals surface area (Å²) in [6.07, 6.45) is 2.70. The van der Waals surface area contributed by atoms with Crippen LogP contribution in [0.15, 0.2) is 57.0 Å². The van der Waals surface area contributed by atoms with Gasteiger partial charge in [-0.2, -0.15) is 4.31 Å². The molecule has 1 aliphatic rings. The molecule has 1 saturated heterocycles. The van der Waals surface area contributed by atoms with E-state index in [1.165, 1.54) is 22.5 Å². The van der Waals surface area contributed by atoms with E-state index in [-0.39, 0.29) is 27.3 Å². The van der Waals surface area contributed by atoms with Gasteiger partial charge in [-0.25, -0.2) is 17.2 Å². The first-order valence-electron chi connectivity index (χ1n) is 9.90. The van der Waals surface area contributed by atoms with Gasteiger partial charge in [-0.1, -0.05) is 24.2 Å². The topological polar surface area (TPSA) is 93.4 Å². The molecular weight excluding hydrogens is 460 g/mol. The molecule has 2 aromatic carbocycles. The summed E-state index contributed by atoms with van der Waals surface area (Å²) in [4.78, 5) is 12.3. The zero-order chi connectivity index (χ0) is 22.7. The van der Waals surface area contributed by atoms with Gasteiger partial charge in [0.05, 0.1) is 10.6 Å². The molecule has 2 heterocycles. The summed E-state index contributed by atoms with van der Waals surface area (Å²) in [5.74, 6) is -2.55. The highest BCUT2D eigenvalue weighted by atomic mass is 32.2. The van der Waals surface area contributed by atoms with Crippen LogP contribution < -0.4 is 0 Å². The average molecular weight is 480 g/mol. The highest BCUT2D eigenvalue weighted by Gasteiger charge is 2.26. The molecule has 0 radical (unpaired) electrons. The van der Waals surface area contributed by atoms with Crippen molar-refractivity contribution in [2.45, 2.75) is 29.4 Å². The van der Waals surface area contributed by atoms with Gasteiger partial charge in [-0.05, 0) is 49.2 Å². The van der Waals surface area contributed by atoms with E-state index in [4.69, 9.17) is 4.42 Å². The molecule has 1 aromatic heterocycles. The molecule has 32 heavy (non-hydrogen) atoms. The first kappa shape index (κ1) is 22.6. The monoisotopic (exact) mass is 479 g/mol. The van der Waals surface area contributed by atoms with Crippen molar-refractivity contribution in [3.8, 4) is 11.5 Å². The molecular formula is C21H19F2N3O4S2. The second-order valence-electron chi connectivity index (χ2n) is 7.21. The number of ketones is 1. The lowest BCUT2D eigenvalue weighted by molar-refractivity contribution is 0.102. The van der Waals surface area contributed by atoms with E-state index in [9.17, 15) is 22.0 Å². The molecule has 0 amide bonds. The van der Waals surface area contributed by atoms with Crippen LogP contribution >= 0.6 is 11.8 Å². The maximum atomic E-state index is 13.3. The van der Waals surface area contributed by atoms with Gasteiger partial charge in [-0.15, -0.1) is 10.2 Å². The number of thioether (sulfide) groups is 1. The van der Waals surface area contributed by atoms with Crippen LogP contribution in [0.3, 0.4) is 0 Å². The molecule has 168 valence electrons. The summed E-state index contributed by atoms with van der Waals surface area (Å²) < 4.78 is 59.2. The molecule has 1 fully saturated rings. The maximum absolute atomic E-state index is 13.3. The zero-order valence-corrected chi connectivity index (χ0v) is 18.5. The third-order valence-corrected chi connectivity index (χ3v) is 7.72. The van der Waals surface area contributed by atoms with Crippen LogP contribution in [0.1, 0.15) is 29.6 Å². The lowest BCUT2D eigenvalue weighted by atomic mass is 10.1.